The number of rotatable bonds is 5. The molecule has 6 nitrogen and oxygen atoms in total. The quantitative estimate of drug-likeness (QED) is 0.760. The Morgan fingerprint density at radius 2 is 1.81 bits per heavy atom. The van der Waals surface area contributed by atoms with Crippen LogP contribution in [0, 0.1) is 0 Å². The summed E-state index contributed by atoms with van der Waals surface area (Å²) < 4.78 is 34.5. The predicted octanol–water partition coefficient (Wildman–Crippen LogP) is 3.31. The zero-order valence-electron chi connectivity index (χ0n) is 14.8. The van der Waals surface area contributed by atoms with E-state index in [0.717, 1.165) is 5.41 Å². The highest BCUT2D eigenvalue weighted by atomic mass is 35.5. The van der Waals surface area contributed by atoms with E-state index in [2.05, 4.69) is 0 Å². The third kappa shape index (κ3) is 4.09. The van der Waals surface area contributed by atoms with Gasteiger partial charge in [-0.15, -0.1) is 0 Å². The van der Waals surface area contributed by atoms with Gasteiger partial charge in [-0.25, -0.2) is 8.42 Å². The Balaban J connectivity index is 2.09. The number of hydrogen-bond donors (Lipinski definition) is 0. The second-order valence-corrected chi connectivity index (χ2v) is 8.31. The average molecular weight is 408 g/mol. The van der Waals surface area contributed by atoms with Gasteiger partial charge >= 0.3 is 0 Å². The molecule has 0 aromatic heterocycles. The highest BCUT2D eigenvalue weighted by Crippen LogP contribution is 2.36. The summed E-state index contributed by atoms with van der Waals surface area (Å²) in [7, 11) is -0.363. The summed E-state index contributed by atoms with van der Waals surface area (Å²) in [5, 5.41) is 1.64. The van der Waals surface area contributed by atoms with Crippen molar-refractivity contribution in [2.75, 3.05) is 24.9 Å². The molecule has 1 aliphatic rings. The topological polar surface area (TPSA) is 72.9 Å². The molecule has 1 heterocycles. The van der Waals surface area contributed by atoms with E-state index < -0.39 is 15.9 Å². The lowest BCUT2D eigenvalue weighted by Gasteiger charge is -2.29. The van der Waals surface area contributed by atoms with Gasteiger partial charge in [-0.1, -0.05) is 11.6 Å². The molecule has 0 N–H and O–H groups in total. The Labute approximate surface area is 162 Å². The second kappa shape index (κ2) is 7.62. The van der Waals surface area contributed by atoms with Crippen LogP contribution in [0.5, 0.6) is 11.5 Å². The molecule has 1 atom stereocenters. The van der Waals surface area contributed by atoms with Crippen LogP contribution in [0.3, 0.4) is 0 Å². The first-order valence-corrected chi connectivity index (χ1v) is 10.2. The van der Waals surface area contributed by atoms with Gasteiger partial charge in [0, 0.05) is 22.1 Å². The molecule has 2 aromatic rings. The summed E-state index contributed by atoms with van der Waals surface area (Å²) in [5.41, 5.74) is 0.833. The van der Waals surface area contributed by atoms with E-state index in [1.54, 1.807) is 42.5 Å². The smallest absolute Gasteiger partial charge is 0.258 e. The van der Waals surface area contributed by atoms with Gasteiger partial charge in [0.05, 0.1) is 31.7 Å². The highest BCUT2D eigenvalue weighted by molar-refractivity contribution is 7.94. The average Bonchev–Trinajstić information content (AvgIpc) is 3.02. The van der Waals surface area contributed by atoms with E-state index in [4.69, 9.17) is 21.1 Å². The zero-order valence-corrected chi connectivity index (χ0v) is 16.3. The van der Waals surface area contributed by atoms with Crippen LogP contribution < -0.4 is 14.4 Å². The number of methoxy groups -OCH3 is 2. The minimum absolute atomic E-state index is 0.193. The predicted molar refractivity (Wildman–Crippen MR) is 105 cm³/mol. The number of sulfone groups is 1. The van der Waals surface area contributed by atoms with Gasteiger partial charge in [0.2, 0.25) is 0 Å². The third-order valence-electron chi connectivity index (χ3n) is 4.20. The molecule has 0 bridgehead atoms. The van der Waals surface area contributed by atoms with Crippen molar-refractivity contribution < 1.29 is 22.7 Å². The van der Waals surface area contributed by atoms with Gasteiger partial charge in [-0.05, 0) is 42.5 Å². The Hall–Kier alpha value is -2.51. The monoisotopic (exact) mass is 407 g/mol. The Kier molecular flexibility index (Phi) is 5.43. The van der Waals surface area contributed by atoms with Crippen LogP contribution in [0.4, 0.5) is 5.69 Å². The van der Waals surface area contributed by atoms with E-state index in [1.165, 1.54) is 25.2 Å². The lowest BCUT2D eigenvalue weighted by atomic mass is 10.1. The van der Waals surface area contributed by atoms with Gasteiger partial charge in [-0.3, -0.25) is 9.69 Å². The number of benzene rings is 2. The number of nitrogens with zero attached hydrogens (tertiary/aromatic N) is 1. The Bertz CT molecular complexity index is 986. The van der Waals surface area contributed by atoms with Crippen molar-refractivity contribution in [2.24, 2.45) is 0 Å². The Morgan fingerprint density at radius 1 is 1.11 bits per heavy atom. The van der Waals surface area contributed by atoms with Gasteiger partial charge < -0.3 is 9.47 Å². The van der Waals surface area contributed by atoms with E-state index in [9.17, 15) is 13.2 Å². The summed E-state index contributed by atoms with van der Waals surface area (Å²) in [6.07, 6.45) is 1.51. The summed E-state index contributed by atoms with van der Waals surface area (Å²) in [6.45, 7) is 0. The third-order valence-corrected chi connectivity index (χ3v) is 5.83. The lowest BCUT2D eigenvalue weighted by molar-refractivity contribution is 0.0982. The van der Waals surface area contributed by atoms with Crippen LogP contribution in [0.2, 0.25) is 5.02 Å². The molecule has 0 saturated carbocycles. The molecule has 8 heteroatoms. The van der Waals surface area contributed by atoms with Crippen molar-refractivity contribution in [2.45, 2.75) is 6.04 Å². The molecule has 1 unspecified atom stereocenters. The van der Waals surface area contributed by atoms with Crippen LogP contribution in [-0.4, -0.2) is 40.3 Å². The fourth-order valence-electron chi connectivity index (χ4n) is 2.87. The summed E-state index contributed by atoms with van der Waals surface area (Å²) in [5.74, 6) is 0.405. The van der Waals surface area contributed by atoms with Gasteiger partial charge in [0.1, 0.15) is 11.5 Å². The first-order chi connectivity index (χ1) is 12.8. The second-order valence-electron chi connectivity index (χ2n) is 5.95. The summed E-state index contributed by atoms with van der Waals surface area (Å²) in [6, 6.07) is 10.8. The summed E-state index contributed by atoms with van der Waals surface area (Å²) >= 11 is 5.91. The van der Waals surface area contributed by atoms with Crippen LogP contribution in [0.25, 0.3) is 0 Å². The first-order valence-electron chi connectivity index (χ1n) is 8.07. The molecule has 2 aromatic carbocycles. The number of carbonyl (C=O) groups is 1. The van der Waals surface area contributed by atoms with Crippen molar-refractivity contribution in [3.63, 3.8) is 0 Å². The molecule has 142 valence electrons. The van der Waals surface area contributed by atoms with Crippen molar-refractivity contribution in [3.05, 3.63) is 64.5 Å². The van der Waals surface area contributed by atoms with Gasteiger partial charge in [-0.2, -0.15) is 0 Å². The molecule has 0 fully saturated rings. The first kappa shape index (κ1) is 19.3. The van der Waals surface area contributed by atoms with Crippen LogP contribution in [0.1, 0.15) is 10.4 Å². The standard InChI is InChI=1S/C19H18ClNO5S/c1-25-16-7-8-17(18(11-16)26-2)21(15-9-10-27(23,24)12-15)19(22)13-3-5-14(20)6-4-13/h3-11,15H,12H2,1-2H3. The van der Waals surface area contributed by atoms with Crippen LogP contribution >= 0.6 is 11.6 Å². The molecule has 0 aliphatic carbocycles. The zero-order chi connectivity index (χ0) is 19.6. The minimum Gasteiger partial charge on any atom is -0.497 e. The molecule has 1 amide bonds. The number of amides is 1. The molecule has 0 spiro atoms. The van der Waals surface area contributed by atoms with E-state index >= 15 is 0 Å². The van der Waals surface area contributed by atoms with Gasteiger partial charge in [0.25, 0.3) is 5.91 Å². The highest BCUT2D eigenvalue weighted by Gasteiger charge is 2.33. The minimum atomic E-state index is -3.36. The normalized spacial score (nSPS) is 17.5. The van der Waals surface area contributed by atoms with Crippen LogP contribution in [0.15, 0.2) is 53.9 Å². The Morgan fingerprint density at radius 3 is 2.37 bits per heavy atom. The number of ether oxygens (including phenoxy) is 2. The molecular formula is C19H18ClNO5S. The van der Waals surface area contributed by atoms with Crippen LogP contribution in [-0.2, 0) is 9.84 Å². The van der Waals surface area contributed by atoms with E-state index in [1.807, 2.05) is 0 Å². The number of halogens is 1. The number of hydrogen-bond acceptors (Lipinski definition) is 5. The van der Waals surface area contributed by atoms with Crippen molar-refractivity contribution >= 4 is 33.0 Å². The maximum Gasteiger partial charge on any atom is 0.258 e. The molecule has 0 saturated heterocycles. The van der Waals surface area contributed by atoms with Crippen molar-refractivity contribution in [3.8, 4) is 11.5 Å². The molecule has 3 rings (SSSR count). The largest absolute Gasteiger partial charge is 0.497 e. The number of carbonyl (C=O) groups excluding carboxylic acids is 1. The fraction of sp³-hybridized carbons (Fsp3) is 0.211. The molecule has 0 radical (unpaired) electrons. The molecular weight excluding hydrogens is 390 g/mol. The van der Waals surface area contributed by atoms with Crippen molar-refractivity contribution in [1.29, 1.82) is 0 Å². The maximum absolute atomic E-state index is 13.2. The molecule has 27 heavy (non-hydrogen) atoms. The fourth-order valence-corrected chi connectivity index (χ4v) is 4.27. The summed E-state index contributed by atoms with van der Waals surface area (Å²) in [4.78, 5) is 14.7. The van der Waals surface area contributed by atoms with E-state index in [-0.39, 0.29) is 11.7 Å². The lowest BCUT2D eigenvalue weighted by Crippen LogP contribution is -2.41. The SMILES string of the molecule is COc1ccc(N(C(=O)c2ccc(Cl)cc2)C2C=CS(=O)(=O)C2)c(OC)c1. The van der Waals surface area contributed by atoms with Gasteiger partial charge in [0.15, 0.2) is 9.84 Å². The number of anilines is 1. The molecule has 1 aliphatic heterocycles. The maximum atomic E-state index is 13.2. The van der Waals surface area contributed by atoms with Crippen molar-refractivity contribution in [1.82, 2.24) is 0 Å². The van der Waals surface area contributed by atoms with E-state index in [0.29, 0.717) is 27.8 Å².